The van der Waals surface area contributed by atoms with E-state index in [0.29, 0.717) is 0 Å². The number of carbonyl (C=O) groups excluding carboxylic acids is 1. The highest BCUT2D eigenvalue weighted by Gasteiger charge is 2.14. The number of nitrogens with zero attached hydrogens (tertiary/aromatic N) is 4. The number of rotatable bonds is 6. The summed E-state index contributed by atoms with van der Waals surface area (Å²) in [7, 11) is 0. The number of benzene rings is 1. The third-order valence-electron chi connectivity index (χ3n) is 3.59. The van der Waals surface area contributed by atoms with E-state index in [4.69, 9.17) is 0 Å². The maximum Gasteiger partial charge on any atom is 0.234 e. The molecule has 0 atom stereocenters. The maximum atomic E-state index is 12.2. The van der Waals surface area contributed by atoms with Gasteiger partial charge >= 0.3 is 0 Å². The third-order valence-corrected chi connectivity index (χ3v) is 4.55. The first kappa shape index (κ1) is 17.2. The fraction of sp³-hybridized carbons (Fsp3) is 0.222. The molecule has 3 aromatic rings. The van der Waals surface area contributed by atoms with Crippen LogP contribution in [-0.2, 0) is 11.3 Å². The number of hydrogen-bond acceptors (Lipinski definition) is 5. The van der Waals surface area contributed by atoms with E-state index in [1.54, 1.807) is 12.4 Å². The fourth-order valence-electron chi connectivity index (χ4n) is 2.44. The molecule has 128 valence electrons. The Balaban J connectivity index is 1.67. The van der Waals surface area contributed by atoms with Crippen LogP contribution in [0.4, 0.5) is 5.69 Å². The zero-order valence-corrected chi connectivity index (χ0v) is 15.0. The summed E-state index contributed by atoms with van der Waals surface area (Å²) in [5, 5.41) is 12.1. The van der Waals surface area contributed by atoms with Crippen LogP contribution in [0.3, 0.4) is 0 Å². The molecular weight excluding hydrogens is 334 g/mol. The van der Waals surface area contributed by atoms with E-state index in [9.17, 15) is 4.79 Å². The minimum absolute atomic E-state index is 0.0656. The zero-order chi connectivity index (χ0) is 17.6. The van der Waals surface area contributed by atoms with Gasteiger partial charge in [0.2, 0.25) is 5.91 Å². The second kappa shape index (κ2) is 7.94. The van der Waals surface area contributed by atoms with Crippen LogP contribution < -0.4 is 5.32 Å². The lowest BCUT2D eigenvalue weighted by molar-refractivity contribution is -0.113. The molecule has 0 aliphatic rings. The van der Waals surface area contributed by atoms with Gasteiger partial charge in [0, 0.05) is 30.2 Å². The summed E-state index contributed by atoms with van der Waals surface area (Å²) in [5.74, 6) is 0.973. The van der Waals surface area contributed by atoms with Crippen molar-refractivity contribution in [3.63, 3.8) is 0 Å². The zero-order valence-electron chi connectivity index (χ0n) is 14.1. The van der Waals surface area contributed by atoms with Crippen molar-refractivity contribution in [3.05, 3.63) is 54.4 Å². The van der Waals surface area contributed by atoms with Crippen LogP contribution in [0.15, 0.2) is 53.9 Å². The van der Waals surface area contributed by atoms with E-state index in [0.717, 1.165) is 34.3 Å². The molecule has 1 aromatic carbocycles. The fourth-order valence-corrected chi connectivity index (χ4v) is 3.24. The molecule has 0 aliphatic carbocycles. The largest absolute Gasteiger partial charge is 0.325 e. The average Bonchev–Trinajstić information content (AvgIpc) is 3.03. The molecule has 0 unspecified atom stereocenters. The maximum absolute atomic E-state index is 12.2. The number of aryl methyl sites for hydroxylation is 1. The highest BCUT2D eigenvalue weighted by atomic mass is 32.2. The van der Waals surface area contributed by atoms with Gasteiger partial charge in [-0.2, -0.15) is 0 Å². The monoisotopic (exact) mass is 353 g/mol. The first-order valence-electron chi connectivity index (χ1n) is 8.00. The van der Waals surface area contributed by atoms with Gasteiger partial charge in [-0.1, -0.05) is 23.9 Å². The molecule has 1 N–H and O–H groups in total. The number of thioether (sulfide) groups is 1. The topological polar surface area (TPSA) is 72.7 Å². The highest BCUT2D eigenvalue weighted by Crippen LogP contribution is 2.23. The van der Waals surface area contributed by atoms with E-state index >= 15 is 0 Å². The van der Waals surface area contributed by atoms with Gasteiger partial charge in [0.05, 0.1) is 5.75 Å². The van der Waals surface area contributed by atoms with Crippen molar-refractivity contribution in [2.75, 3.05) is 11.1 Å². The number of pyridine rings is 1. The molecule has 0 saturated heterocycles. The third kappa shape index (κ3) is 4.24. The lowest BCUT2D eigenvalue weighted by Gasteiger charge is -2.08. The summed E-state index contributed by atoms with van der Waals surface area (Å²) < 4.78 is 1.99. The van der Waals surface area contributed by atoms with Gasteiger partial charge in [-0.05, 0) is 43.7 Å². The Kier molecular flexibility index (Phi) is 5.45. The van der Waals surface area contributed by atoms with Crippen LogP contribution in [0, 0.1) is 6.92 Å². The van der Waals surface area contributed by atoms with Gasteiger partial charge in [0.15, 0.2) is 11.0 Å². The van der Waals surface area contributed by atoms with E-state index < -0.39 is 0 Å². The number of nitrogens with one attached hydrogen (secondary N) is 1. The lowest BCUT2D eigenvalue weighted by Crippen LogP contribution is -2.14. The Morgan fingerprint density at radius 1 is 1.24 bits per heavy atom. The highest BCUT2D eigenvalue weighted by molar-refractivity contribution is 7.99. The first-order chi connectivity index (χ1) is 12.2. The molecule has 6 nitrogen and oxygen atoms in total. The number of amides is 1. The number of aromatic nitrogens is 4. The molecule has 2 heterocycles. The summed E-state index contributed by atoms with van der Waals surface area (Å²) in [4.78, 5) is 16.3. The standard InChI is InChI=1S/C18H19N5OS/c1-3-23-17(14-7-5-9-19-11-14)21-22-18(23)25-12-16(24)20-15-8-4-6-13(2)10-15/h4-11H,3,12H2,1-2H3,(H,20,24). The van der Waals surface area contributed by atoms with E-state index in [2.05, 4.69) is 20.5 Å². The number of carbonyl (C=O) groups is 1. The van der Waals surface area contributed by atoms with Crippen molar-refractivity contribution in [3.8, 4) is 11.4 Å². The van der Waals surface area contributed by atoms with Crippen LogP contribution in [0.5, 0.6) is 0 Å². The van der Waals surface area contributed by atoms with Crippen LogP contribution in [0.1, 0.15) is 12.5 Å². The minimum Gasteiger partial charge on any atom is -0.325 e. The van der Waals surface area contributed by atoms with Crippen molar-refractivity contribution in [1.82, 2.24) is 19.7 Å². The van der Waals surface area contributed by atoms with Gasteiger partial charge in [-0.25, -0.2) is 0 Å². The average molecular weight is 353 g/mol. The first-order valence-corrected chi connectivity index (χ1v) is 8.99. The Morgan fingerprint density at radius 2 is 2.12 bits per heavy atom. The Labute approximate surface area is 150 Å². The predicted octanol–water partition coefficient (Wildman–Crippen LogP) is 3.40. The van der Waals surface area contributed by atoms with Crippen LogP contribution >= 0.6 is 11.8 Å². The molecular formula is C18H19N5OS. The van der Waals surface area contributed by atoms with Crippen molar-refractivity contribution < 1.29 is 4.79 Å². The lowest BCUT2D eigenvalue weighted by atomic mass is 10.2. The minimum atomic E-state index is -0.0656. The van der Waals surface area contributed by atoms with Crippen LogP contribution in [0.2, 0.25) is 0 Å². The molecule has 3 rings (SSSR count). The summed E-state index contributed by atoms with van der Waals surface area (Å²) in [6, 6.07) is 11.6. The predicted molar refractivity (Wildman–Crippen MR) is 99.5 cm³/mol. The summed E-state index contributed by atoms with van der Waals surface area (Å²) in [6.45, 7) is 4.74. The summed E-state index contributed by atoms with van der Waals surface area (Å²) >= 11 is 1.38. The molecule has 0 fully saturated rings. The molecule has 25 heavy (non-hydrogen) atoms. The van der Waals surface area contributed by atoms with E-state index in [1.807, 2.05) is 54.8 Å². The molecule has 0 radical (unpaired) electrons. The van der Waals surface area contributed by atoms with Crippen molar-refractivity contribution >= 4 is 23.4 Å². The van der Waals surface area contributed by atoms with Gasteiger partial charge in [-0.15, -0.1) is 10.2 Å². The smallest absolute Gasteiger partial charge is 0.234 e. The normalized spacial score (nSPS) is 10.6. The van der Waals surface area contributed by atoms with Crippen molar-refractivity contribution in [1.29, 1.82) is 0 Å². The van der Waals surface area contributed by atoms with Crippen molar-refractivity contribution in [2.24, 2.45) is 0 Å². The molecule has 0 spiro atoms. The molecule has 0 saturated carbocycles. The Bertz CT molecular complexity index is 863. The summed E-state index contributed by atoms with van der Waals surface area (Å²) in [6.07, 6.45) is 3.48. The molecule has 0 bridgehead atoms. The van der Waals surface area contributed by atoms with E-state index in [1.165, 1.54) is 11.8 Å². The van der Waals surface area contributed by atoms with Gasteiger partial charge in [0.1, 0.15) is 0 Å². The Morgan fingerprint density at radius 3 is 2.84 bits per heavy atom. The molecule has 0 aliphatic heterocycles. The molecule has 1 amide bonds. The van der Waals surface area contributed by atoms with Crippen LogP contribution in [-0.4, -0.2) is 31.4 Å². The SMILES string of the molecule is CCn1c(SCC(=O)Nc2cccc(C)c2)nnc1-c1cccnc1. The molecule has 7 heteroatoms. The summed E-state index contributed by atoms with van der Waals surface area (Å²) in [5.41, 5.74) is 2.82. The van der Waals surface area contributed by atoms with E-state index in [-0.39, 0.29) is 11.7 Å². The number of hydrogen-bond donors (Lipinski definition) is 1. The second-order valence-electron chi connectivity index (χ2n) is 5.50. The Hall–Kier alpha value is -2.67. The van der Waals surface area contributed by atoms with Crippen LogP contribution in [0.25, 0.3) is 11.4 Å². The quantitative estimate of drug-likeness (QED) is 0.688. The van der Waals surface area contributed by atoms with Crippen molar-refractivity contribution in [2.45, 2.75) is 25.5 Å². The second-order valence-corrected chi connectivity index (χ2v) is 6.44. The van der Waals surface area contributed by atoms with Gasteiger partial charge < -0.3 is 9.88 Å². The van der Waals surface area contributed by atoms with Gasteiger partial charge in [0.25, 0.3) is 0 Å². The van der Waals surface area contributed by atoms with Gasteiger partial charge in [-0.3, -0.25) is 9.78 Å². The molecule has 2 aromatic heterocycles. The number of anilines is 1.